The van der Waals surface area contributed by atoms with E-state index in [0.717, 1.165) is 12.1 Å². The number of alkyl halides is 3. The molecule has 0 aliphatic carbocycles. The van der Waals surface area contributed by atoms with Gasteiger partial charge in [-0.1, -0.05) is 11.6 Å². The maximum atomic E-state index is 12.3. The van der Waals surface area contributed by atoms with Crippen LogP contribution in [0.15, 0.2) is 18.3 Å². The zero-order valence-corrected chi connectivity index (χ0v) is 10.0. The van der Waals surface area contributed by atoms with Gasteiger partial charge in [0.2, 0.25) is 0 Å². The van der Waals surface area contributed by atoms with E-state index in [1.54, 1.807) is 6.92 Å². The van der Waals surface area contributed by atoms with Crippen LogP contribution in [0.25, 0.3) is 6.08 Å². The summed E-state index contributed by atoms with van der Waals surface area (Å²) in [4.78, 5) is 14.5. The highest BCUT2D eigenvalue weighted by molar-refractivity contribution is 6.32. The van der Waals surface area contributed by atoms with Crippen LogP contribution < -0.4 is 0 Å². The molecule has 18 heavy (non-hydrogen) atoms. The first kappa shape index (κ1) is 14.5. The summed E-state index contributed by atoms with van der Waals surface area (Å²) in [6.45, 7) is 1.84. The molecule has 0 amide bonds. The van der Waals surface area contributed by atoms with Gasteiger partial charge < -0.3 is 4.74 Å². The molecular formula is C11H9ClF3NO2. The first-order valence-electron chi connectivity index (χ1n) is 4.92. The Balaban J connectivity index is 2.90. The molecule has 1 heterocycles. The van der Waals surface area contributed by atoms with Gasteiger partial charge in [0, 0.05) is 12.3 Å². The lowest BCUT2D eigenvalue weighted by Crippen LogP contribution is -2.06. The van der Waals surface area contributed by atoms with Crippen molar-refractivity contribution in [1.29, 1.82) is 0 Å². The minimum atomic E-state index is -4.50. The molecule has 0 unspecified atom stereocenters. The summed E-state index contributed by atoms with van der Waals surface area (Å²) in [6.07, 6.45) is -1.61. The number of esters is 1. The number of ether oxygens (including phenoxy) is 1. The number of pyridine rings is 1. The molecule has 0 N–H and O–H groups in total. The van der Waals surface area contributed by atoms with E-state index in [9.17, 15) is 18.0 Å². The number of nitrogens with zero attached hydrogens (tertiary/aromatic N) is 1. The Morgan fingerprint density at radius 3 is 2.72 bits per heavy atom. The van der Waals surface area contributed by atoms with Gasteiger partial charge in [0.05, 0.1) is 22.9 Å². The van der Waals surface area contributed by atoms with Gasteiger partial charge in [-0.25, -0.2) is 4.79 Å². The Morgan fingerprint density at radius 2 is 2.22 bits per heavy atom. The fourth-order valence-corrected chi connectivity index (χ4v) is 1.29. The van der Waals surface area contributed by atoms with E-state index in [-0.39, 0.29) is 17.3 Å². The van der Waals surface area contributed by atoms with Crippen LogP contribution in [0.4, 0.5) is 13.2 Å². The van der Waals surface area contributed by atoms with Crippen molar-refractivity contribution in [1.82, 2.24) is 4.98 Å². The molecule has 0 spiro atoms. The van der Waals surface area contributed by atoms with Crippen LogP contribution in [0.3, 0.4) is 0 Å². The maximum Gasteiger partial charge on any atom is 0.417 e. The van der Waals surface area contributed by atoms with Crippen molar-refractivity contribution in [2.75, 3.05) is 6.61 Å². The van der Waals surface area contributed by atoms with Crippen LogP contribution in [0.2, 0.25) is 5.02 Å². The lowest BCUT2D eigenvalue weighted by atomic mass is 10.2. The monoisotopic (exact) mass is 279 g/mol. The molecule has 0 saturated heterocycles. The second-order valence-corrected chi connectivity index (χ2v) is 3.58. The SMILES string of the molecule is CCOC(=O)C=Cc1ncc(C(F)(F)F)cc1Cl. The molecule has 0 aromatic carbocycles. The van der Waals surface area contributed by atoms with Crippen molar-refractivity contribution >= 4 is 23.6 Å². The molecule has 0 fully saturated rings. The predicted molar refractivity (Wildman–Crippen MR) is 59.9 cm³/mol. The molecule has 3 nitrogen and oxygen atoms in total. The normalized spacial score (nSPS) is 11.8. The molecule has 0 bridgehead atoms. The Hall–Kier alpha value is -1.56. The van der Waals surface area contributed by atoms with Gasteiger partial charge in [0.1, 0.15) is 0 Å². The summed E-state index contributed by atoms with van der Waals surface area (Å²) in [5, 5.41) is -0.189. The lowest BCUT2D eigenvalue weighted by molar-refractivity contribution is -0.138. The van der Waals surface area contributed by atoms with Crippen LogP contribution in [-0.2, 0) is 15.7 Å². The number of hydrogen-bond acceptors (Lipinski definition) is 3. The van der Waals surface area contributed by atoms with Gasteiger partial charge >= 0.3 is 12.1 Å². The summed E-state index contributed by atoms with van der Waals surface area (Å²) in [7, 11) is 0. The Labute approximate surface area is 106 Å². The Morgan fingerprint density at radius 1 is 1.56 bits per heavy atom. The smallest absolute Gasteiger partial charge is 0.417 e. The van der Waals surface area contributed by atoms with Crippen LogP contribution >= 0.6 is 11.6 Å². The van der Waals surface area contributed by atoms with E-state index < -0.39 is 17.7 Å². The average molecular weight is 280 g/mol. The van der Waals surface area contributed by atoms with Crippen molar-refractivity contribution < 1.29 is 22.7 Å². The third-order valence-electron chi connectivity index (χ3n) is 1.86. The second kappa shape index (κ2) is 5.86. The van der Waals surface area contributed by atoms with Crippen molar-refractivity contribution in [3.05, 3.63) is 34.6 Å². The number of aromatic nitrogens is 1. The lowest BCUT2D eigenvalue weighted by Gasteiger charge is -2.07. The van der Waals surface area contributed by atoms with Crippen molar-refractivity contribution in [3.8, 4) is 0 Å². The highest BCUT2D eigenvalue weighted by Gasteiger charge is 2.31. The van der Waals surface area contributed by atoms with Crippen molar-refractivity contribution in [3.63, 3.8) is 0 Å². The fourth-order valence-electron chi connectivity index (χ4n) is 1.06. The molecule has 0 aliphatic rings. The van der Waals surface area contributed by atoms with E-state index >= 15 is 0 Å². The molecule has 0 aliphatic heterocycles. The van der Waals surface area contributed by atoms with E-state index in [1.807, 2.05) is 0 Å². The summed E-state index contributed by atoms with van der Waals surface area (Å²) in [6, 6.07) is 0.749. The highest BCUT2D eigenvalue weighted by atomic mass is 35.5. The summed E-state index contributed by atoms with van der Waals surface area (Å²) in [5.41, 5.74) is -0.876. The van der Waals surface area contributed by atoms with Crippen LogP contribution in [0, 0.1) is 0 Å². The van der Waals surface area contributed by atoms with Gasteiger partial charge in [-0.15, -0.1) is 0 Å². The second-order valence-electron chi connectivity index (χ2n) is 3.17. The summed E-state index contributed by atoms with van der Waals surface area (Å²) in [5.74, 6) is -0.615. The molecule has 1 aromatic heterocycles. The fraction of sp³-hybridized carbons (Fsp3) is 0.273. The third kappa shape index (κ3) is 4.03. The van der Waals surface area contributed by atoms with Crippen molar-refractivity contribution in [2.45, 2.75) is 13.1 Å². The van der Waals surface area contributed by atoms with E-state index in [0.29, 0.717) is 6.20 Å². The molecule has 7 heteroatoms. The Kier molecular flexibility index (Phi) is 4.72. The summed E-state index contributed by atoms with van der Waals surface area (Å²) >= 11 is 5.63. The maximum absolute atomic E-state index is 12.3. The number of carbonyl (C=O) groups excluding carboxylic acids is 1. The first-order valence-corrected chi connectivity index (χ1v) is 5.30. The molecule has 0 atom stereocenters. The average Bonchev–Trinajstić information content (AvgIpc) is 2.26. The van der Waals surface area contributed by atoms with Crippen LogP contribution in [0.1, 0.15) is 18.2 Å². The molecule has 0 saturated carbocycles. The highest BCUT2D eigenvalue weighted by Crippen LogP contribution is 2.31. The number of hydrogen-bond donors (Lipinski definition) is 0. The predicted octanol–water partition coefficient (Wildman–Crippen LogP) is 3.33. The first-order chi connectivity index (χ1) is 8.34. The van der Waals surface area contributed by atoms with Gasteiger partial charge in [0.25, 0.3) is 0 Å². The van der Waals surface area contributed by atoms with Gasteiger partial charge in [0.15, 0.2) is 0 Å². The van der Waals surface area contributed by atoms with Gasteiger partial charge in [-0.2, -0.15) is 13.2 Å². The van der Waals surface area contributed by atoms with Crippen LogP contribution in [0.5, 0.6) is 0 Å². The van der Waals surface area contributed by atoms with Gasteiger partial charge in [-0.3, -0.25) is 4.98 Å². The quantitative estimate of drug-likeness (QED) is 0.629. The third-order valence-corrected chi connectivity index (χ3v) is 2.16. The zero-order chi connectivity index (χ0) is 13.8. The molecule has 0 radical (unpaired) electrons. The number of carbonyl (C=O) groups is 1. The van der Waals surface area contributed by atoms with E-state index in [4.69, 9.17) is 11.6 Å². The zero-order valence-electron chi connectivity index (χ0n) is 9.29. The van der Waals surface area contributed by atoms with E-state index in [2.05, 4.69) is 9.72 Å². The molecule has 98 valence electrons. The minimum absolute atomic E-state index is 0.0673. The largest absolute Gasteiger partial charge is 0.463 e. The van der Waals surface area contributed by atoms with Gasteiger partial charge in [-0.05, 0) is 19.1 Å². The van der Waals surface area contributed by atoms with Crippen LogP contribution in [-0.4, -0.2) is 17.6 Å². The molecule has 1 aromatic rings. The Bertz CT molecular complexity index is 472. The summed E-state index contributed by atoms with van der Waals surface area (Å²) < 4.78 is 41.6. The van der Waals surface area contributed by atoms with E-state index in [1.165, 1.54) is 6.08 Å². The van der Waals surface area contributed by atoms with Crippen molar-refractivity contribution in [2.24, 2.45) is 0 Å². The minimum Gasteiger partial charge on any atom is -0.463 e. The molecular weight excluding hydrogens is 271 g/mol. The topological polar surface area (TPSA) is 39.2 Å². The molecule has 1 rings (SSSR count). The standard InChI is InChI=1S/C11H9ClF3NO2/c1-2-18-10(17)4-3-9-8(12)5-7(6-16-9)11(13,14)15/h3-6H,2H2,1H3. The number of rotatable bonds is 3. The number of halogens is 4.